The average Bonchev–Trinajstić information content (AvgIpc) is 2.98. The van der Waals surface area contributed by atoms with Crippen molar-refractivity contribution in [2.75, 3.05) is 6.54 Å². The van der Waals surface area contributed by atoms with Crippen molar-refractivity contribution in [3.8, 4) is 10.6 Å². The number of hydrogen-bond acceptors (Lipinski definition) is 4. The predicted molar refractivity (Wildman–Crippen MR) is 86.3 cm³/mol. The van der Waals surface area contributed by atoms with Crippen molar-refractivity contribution in [1.29, 1.82) is 0 Å². The van der Waals surface area contributed by atoms with Gasteiger partial charge in [-0.25, -0.2) is 4.98 Å². The van der Waals surface area contributed by atoms with E-state index in [1.165, 1.54) is 0 Å². The molecule has 1 amide bonds. The molecule has 2 aromatic rings. The van der Waals surface area contributed by atoms with Gasteiger partial charge in [0.2, 0.25) is 5.91 Å². The summed E-state index contributed by atoms with van der Waals surface area (Å²) in [5.41, 5.74) is 0.974. The quantitative estimate of drug-likeness (QED) is 0.880. The number of nitrogens with zero attached hydrogens (tertiary/aromatic N) is 1. The molecule has 0 saturated heterocycles. The number of hydrogen-bond donors (Lipinski definition) is 1. The minimum atomic E-state index is 0.0899. The van der Waals surface area contributed by atoms with Crippen LogP contribution in [-0.4, -0.2) is 17.4 Å². The number of aryl methyl sites for hydroxylation is 1. The van der Waals surface area contributed by atoms with Crippen LogP contribution in [0.2, 0.25) is 0 Å². The molecule has 0 spiro atoms. The van der Waals surface area contributed by atoms with Crippen LogP contribution >= 0.6 is 22.7 Å². The molecule has 2 heterocycles. The van der Waals surface area contributed by atoms with Crippen molar-refractivity contribution < 1.29 is 4.79 Å². The third-order valence-corrected chi connectivity index (χ3v) is 4.77. The first-order chi connectivity index (χ1) is 9.56. The molecular weight excluding hydrogens is 288 g/mol. The van der Waals surface area contributed by atoms with Crippen molar-refractivity contribution >= 4 is 28.6 Å². The van der Waals surface area contributed by atoms with E-state index in [9.17, 15) is 4.79 Å². The summed E-state index contributed by atoms with van der Waals surface area (Å²) in [6.07, 6.45) is 1.45. The van der Waals surface area contributed by atoms with Gasteiger partial charge in [0.1, 0.15) is 0 Å². The zero-order chi connectivity index (χ0) is 14.5. The molecule has 0 fully saturated rings. The maximum atomic E-state index is 12.0. The zero-order valence-corrected chi connectivity index (χ0v) is 13.7. The van der Waals surface area contributed by atoms with E-state index in [2.05, 4.69) is 30.2 Å². The molecule has 2 rings (SSSR count). The topological polar surface area (TPSA) is 42.0 Å². The van der Waals surface area contributed by atoms with Gasteiger partial charge in [-0.15, -0.1) is 22.7 Å². The molecule has 108 valence electrons. The van der Waals surface area contributed by atoms with Gasteiger partial charge < -0.3 is 5.32 Å². The molecule has 1 N–H and O–H groups in total. The van der Waals surface area contributed by atoms with Crippen LogP contribution in [0.3, 0.4) is 0 Å². The van der Waals surface area contributed by atoms with E-state index in [-0.39, 0.29) is 5.91 Å². The Balaban J connectivity index is 2.01. The Morgan fingerprint density at radius 1 is 1.45 bits per heavy atom. The molecule has 0 bridgehead atoms. The highest BCUT2D eigenvalue weighted by Gasteiger charge is 2.15. The Morgan fingerprint density at radius 2 is 2.25 bits per heavy atom. The van der Waals surface area contributed by atoms with E-state index in [1.807, 2.05) is 18.4 Å². The first-order valence-corrected chi connectivity index (χ1v) is 8.52. The highest BCUT2D eigenvalue weighted by atomic mass is 32.1. The van der Waals surface area contributed by atoms with E-state index in [4.69, 9.17) is 0 Å². The zero-order valence-electron chi connectivity index (χ0n) is 12.1. The minimum Gasteiger partial charge on any atom is -0.356 e. The van der Waals surface area contributed by atoms with Crippen LogP contribution in [-0.2, 0) is 11.2 Å². The molecule has 3 nitrogen and oxygen atoms in total. The lowest BCUT2D eigenvalue weighted by molar-refractivity contribution is -0.120. The van der Waals surface area contributed by atoms with Gasteiger partial charge in [0, 0.05) is 11.4 Å². The molecule has 0 aliphatic carbocycles. The van der Waals surface area contributed by atoms with E-state index < -0.39 is 0 Å². The Morgan fingerprint density at radius 3 is 2.90 bits per heavy atom. The van der Waals surface area contributed by atoms with Crippen LogP contribution in [0.15, 0.2) is 17.5 Å². The van der Waals surface area contributed by atoms with Crippen LogP contribution in [0.4, 0.5) is 0 Å². The van der Waals surface area contributed by atoms with Crippen LogP contribution in [0.1, 0.15) is 30.2 Å². The number of thiazole rings is 1. The van der Waals surface area contributed by atoms with Crippen molar-refractivity contribution in [2.45, 2.75) is 33.6 Å². The standard InChI is InChI=1S/C15H20N2OS2/c1-10(2)6-7-16-14(18)9-13-15(17-11(3)20-13)12-5-4-8-19-12/h4-5,8,10H,6-7,9H2,1-3H3,(H,16,18). The van der Waals surface area contributed by atoms with Crippen LogP contribution < -0.4 is 5.32 Å². The smallest absolute Gasteiger partial charge is 0.225 e. The molecule has 20 heavy (non-hydrogen) atoms. The monoisotopic (exact) mass is 308 g/mol. The number of thiophene rings is 1. The van der Waals surface area contributed by atoms with E-state index in [0.29, 0.717) is 12.3 Å². The number of nitrogens with one attached hydrogen (secondary N) is 1. The Bertz CT molecular complexity index is 558. The van der Waals surface area contributed by atoms with Gasteiger partial charge in [-0.3, -0.25) is 4.79 Å². The highest BCUT2D eigenvalue weighted by molar-refractivity contribution is 7.15. The van der Waals surface area contributed by atoms with Crippen LogP contribution in [0.5, 0.6) is 0 Å². The van der Waals surface area contributed by atoms with Crippen molar-refractivity contribution in [2.24, 2.45) is 5.92 Å². The Kier molecular flexibility index (Phi) is 5.31. The van der Waals surface area contributed by atoms with Gasteiger partial charge >= 0.3 is 0 Å². The Labute approximate surface area is 128 Å². The highest BCUT2D eigenvalue weighted by Crippen LogP contribution is 2.31. The number of amides is 1. The largest absolute Gasteiger partial charge is 0.356 e. The second-order valence-electron chi connectivity index (χ2n) is 5.19. The molecule has 0 saturated carbocycles. The molecular formula is C15H20N2OS2. The summed E-state index contributed by atoms with van der Waals surface area (Å²) in [6, 6.07) is 4.07. The molecule has 0 atom stereocenters. The average molecular weight is 308 g/mol. The summed E-state index contributed by atoms with van der Waals surface area (Å²) < 4.78 is 0. The number of carbonyl (C=O) groups excluding carboxylic acids is 1. The first kappa shape index (κ1) is 15.2. The van der Waals surface area contributed by atoms with Crippen molar-refractivity contribution in [3.63, 3.8) is 0 Å². The normalized spacial score (nSPS) is 11.0. The van der Waals surface area contributed by atoms with E-state index in [1.54, 1.807) is 22.7 Å². The SMILES string of the molecule is Cc1nc(-c2cccs2)c(CC(=O)NCCC(C)C)s1. The molecule has 0 aliphatic rings. The summed E-state index contributed by atoms with van der Waals surface area (Å²) in [5.74, 6) is 0.703. The van der Waals surface area contributed by atoms with Crippen LogP contribution in [0, 0.1) is 12.8 Å². The minimum absolute atomic E-state index is 0.0899. The summed E-state index contributed by atoms with van der Waals surface area (Å²) in [7, 11) is 0. The second kappa shape index (κ2) is 6.99. The third kappa shape index (κ3) is 4.15. The molecule has 0 aliphatic heterocycles. The summed E-state index contributed by atoms with van der Waals surface area (Å²) in [5, 5.41) is 6.04. The lowest BCUT2D eigenvalue weighted by atomic mass is 10.1. The summed E-state index contributed by atoms with van der Waals surface area (Å²) in [4.78, 5) is 18.8. The first-order valence-electron chi connectivity index (χ1n) is 6.83. The number of aromatic nitrogens is 1. The molecule has 2 aromatic heterocycles. The summed E-state index contributed by atoms with van der Waals surface area (Å²) >= 11 is 3.28. The van der Waals surface area contributed by atoms with Gasteiger partial charge in [-0.2, -0.15) is 0 Å². The molecule has 5 heteroatoms. The van der Waals surface area contributed by atoms with Gasteiger partial charge in [0.05, 0.1) is 22.0 Å². The molecule has 0 radical (unpaired) electrons. The predicted octanol–water partition coefficient (Wildman–Crippen LogP) is 3.88. The fourth-order valence-electron chi connectivity index (χ4n) is 1.90. The van der Waals surface area contributed by atoms with Crippen molar-refractivity contribution in [3.05, 3.63) is 27.4 Å². The van der Waals surface area contributed by atoms with E-state index in [0.717, 1.165) is 33.4 Å². The Hall–Kier alpha value is -1.20. The fraction of sp³-hybridized carbons (Fsp3) is 0.467. The summed E-state index contributed by atoms with van der Waals surface area (Å²) in [6.45, 7) is 7.06. The number of rotatable bonds is 6. The van der Waals surface area contributed by atoms with Crippen molar-refractivity contribution in [1.82, 2.24) is 10.3 Å². The van der Waals surface area contributed by atoms with Gasteiger partial charge in [-0.1, -0.05) is 19.9 Å². The van der Waals surface area contributed by atoms with Gasteiger partial charge in [-0.05, 0) is 30.7 Å². The molecule has 0 aromatic carbocycles. The lowest BCUT2D eigenvalue weighted by Gasteiger charge is -2.06. The van der Waals surface area contributed by atoms with Crippen LogP contribution in [0.25, 0.3) is 10.6 Å². The fourth-order valence-corrected chi connectivity index (χ4v) is 3.66. The second-order valence-corrected chi connectivity index (χ2v) is 7.43. The maximum Gasteiger partial charge on any atom is 0.225 e. The maximum absolute atomic E-state index is 12.0. The molecule has 0 unspecified atom stereocenters. The van der Waals surface area contributed by atoms with E-state index >= 15 is 0 Å². The third-order valence-electron chi connectivity index (χ3n) is 2.92. The number of carbonyl (C=O) groups is 1. The lowest BCUT2D eigenvalue weighted by Crippen LogP contribution is -2.26. The van der Waals surface area contributed by atoms with Gasteiger partial charge in [0.15, 0.2) is 0 Å². The van der Waals surface area contributed by atoms with Gasteiger partial charge in [0.25, 0.3) is 0 Å².